The second-order valence-corrected chi connectivity index (χ2v) is 4.74. The van der Waals surface area contributed by atoms with Crippen molar-refractivity contribution in [2.75, 3.05) is 11.9 Å². The normalized spacial score (nSPS) is 10.9. The zero-order valence-corrected chi connectivity index (χ0v) is 10.7. The Morgan fingerprint density at radius 1 is 1.33 bits per heavy atom. The van der Waals surface area contributed by atoms with Crippen LogP contribution < -0.4 is 5.32 Å². The zero-order valence-electron chi connectivity index (χ0n) is 10.7. The summed E-state index contributed by atoms with van der Waals surface area (Å²) in [6.45, 7) is 5.62. The van der Waals surface area contributed by atoms with Gasteiger partial charge in [-0.1, -0.05) is 32.0 Å². The van der Waals surface area contributed by atoms with Gasteiger partial charge in [-0.2, -0.15) is 0 Å². The van der Waals surface area contributed by atoms with Gasteiger partial charge in [0.2, 0.25) is 5.95 Å². The summed E-state index contributed by atoms with van der Waals surface area (Å²) in [4.78, 5) is 4.24. The minimum atomic E-state index is -0.180. The number of benzene rings is 1. The van der Waals surface area contributed by atoms with Crippen LogP contribution in [0.3, 0.4) is 0 Å². The van der Waals surface area contributed by atoms with Crippen molar-refractivity contribution in [1.29, 1.82) is 0 Å². The second-order valence-electron chi connectivity index (χ2n) is 4.74. The van der Waals surface area contributed by atoms with E-state index in [1.54, 1.807) is 18.3 Å². The SMILES string of the molecule is CC(C)CNc1nccn1Cc1ccccc1F. The van der Waals surface area contributed by atoms with Crippen LogP contribution in [0.1, 0.15) is 19.4 Å². The molecule has 1 aromatic carbocycles. The predicted octanol–water partition coefficient (Wildman–Crippen LogP) is 3.14. The molecular weight excluding hydrogens is 229 g/mol. The molecule has 0 fully saturated rings. The Bertz CT molecular complexity index is 505. The molecule has 2 aromatic rings. The van der Waals surface area contributed by atoms with Crippen LogP contribution in [0, 0.1) is 11.7 Å². The van der Waals surface area contributed by atoms with Gasteiger partial charge in [-0.3, -0.25) is 0 Å². The van der Waals surface area contributed by atoms with Gasteiger partial charge in [-0.25, -0.2) is 9.37 Å². The lowest BCUT2D eigenvalue weighted by Crippen LogP contribution is -2.13. The number of hydrogen-bond donors (Lipinski definition) is 1. The summed E-state index contributed by atoms with van der Waals surface area (Å²) in [6, 6.07) is 6.82. The van der Waals surface area contributed by atoms with Crippen LogP contribution in [0.25, 0.3) is 0 Å². The Labute approximate surface area is 107 Å². The third-order valence-electron chi connectivity index (χ3n) is 2.68. The van der Waals surface area contributed by atoms with Gasteiger partial charge >= 0.3 is 0 Å². The first-order valence-corrected chi connectivity index (χ1v) is 6.15. The minimum absolute atomic E-state index is 0.180. The van der Waals surface area contributed by atoms with Gasteiger partial charge in [0.25, 0.3) is 0 Å². The molecule has 0 saturated heterocycles. The van der Waals surface area contributed by atoms with Gasteiger partial charge in [0.1, 0.15) is 5.82 Å². The van der Waals surface area contributed by atoms with Crippen molar-refractivity contribution in [3.05, 3.63) is 48.0 Å². The molecule has 1 aromatic heterocycles. The zero-order chi connectivity index (χ0) is 13.0. The molecule has 1 N–H and O–H groups in total. The second kappa shape index (κ2) is 5.67. The highest BCUT2D eigenvalue weighted by atomic mass is 19.1. The molecule has 0 aliphatic heterocycles. The molecule has 0 aliphatic rings. The fraction of sp³-hybridized carbons (Fsp3) is 0.357. The minimum Gasteiger partial charge on any atom is -0.355 e. The Hall–Kier alpha value is -1.84. The van der Waals surface area contributed by atoms with Gasteiger partial charge in [-0.15, -0.1) is 0 Å². The van der Waals surface area contributed by atoms with Gasteiger partial charge in [0, 0.05) is 24.5 Å². The first-order valence-electron chi connectivity index (χ1n) is 6.15. The summed E-state index contributed by atoms with van der Waals surface area (Å²) in [5.74, 6) is 1.15. The lowest BCUT2D eigenvalue weighted by atomic mass is 10.2. The number of imidazole rings is 1. The first kappa shape index (κ1) is 12.6. The predicted molar refractivity (Wildman–Crippen MR) is 71.1 cm³/mol. The van der Waals surface area contributed by atoms with E-state index < -0.39 is 0 Å². The Kier molecular flexibility index (Phi) is 3.97. The summed E-state index contributed by atoms with van der Waals surface area (Å²) < 4.78 is 15.5. The summed E-state index contributed by atoms with van der Waals surface area (Å²) in [7, 11) is 0. The number of nitrogens with zero attached hydrogens (tertiary/aromatic N) is 2. The van der Waals surface area contributed by atoms with E-state index in [2.05, 4.69) is 24.1 Å². The Morgan fingerprint density at radius 3 is 2.83 bits per heavy atom. The number of aromatic nitrogens is 2. The van der Waals surface area contributed by atoms with E-state index in [-0.39, 0.29) is 5.82 Å². The van der Waals surface area contributed by atoms with E-state index in [0.717, 1.165) is 12.5 Å². The van der Waals surface area contributed by atoms with Gasteiger partial charge in [0.15, 0.2) is 0 Å². The first-order chi connectivity index (χ1) is 8.66. The summed E-state index contributed by atoms with van der Waals surface area (Å²) in [5.41, 5.74) is 0.670. The molecule has 2 rings (SSSR count). The number of rotatable bonds is 5. The lowest BCUT2D eigenvalue weighted by Gasteiger charge is -2.11. The number of hydrogen-bond acceptors (Lipinski definition) is 2. The van der Waals surface area contributed by atoms with Crippen LogP contribution in [0.2, 0.25) is 0 Å². The van der Waals surface area contributed by atoms with Crippen LogP contribution in [0.15, 0.2) is 36.7 Å². The molecule has 0 saturated carbocycles. The van der Waals surface area contributed by atoms with Crippen LogP contribution >= 0.6 is 0 Å². The summed E-state index contributed by atoms with van der Waals surface area (Å²) >= 11 is 0. The maximum absolute atomic E-state index is 13.6. The van der Waals surface area contributed by atoms with Gasteiger partial charge < -0.3 is 9.88 Å². The van der Waals surface area contributed by atoms with E-state index in [1.807, 2.05) is 16.8 Å². The Balaban J connectivity index is 2.10. The molecule has 96 valence electrons. The molecule has 0 unspecified atom stereocenters. The molecular formula is C14H18FN3. The monoisotopic (exact) mass is 247 g/mol. The molecule has 0 aliphatic carbocycles. The highest BCUT2D eigenvalue weighted by Crippen LogP contribution is 2.12. The van der Waals surface area contributed by atoms with Crippen molar-refractivity contribution < 1.29 is 4.39 Å². The van der Waals surface area contributed by atoms with E-state index in [4.69, 9.17) is 0 Å². The molecule has 3 nitrogen and oxygen atoms in total. The molecule has 0 amide bonds. The molecule has 0 bridgehead atoms. The number of nitrogens with one attached hydrogen (secondary N) is 1. The fourth-order valence-corrected chi connectivity index (χ4v) is 1.71. The Morgan fingerprint density at radius 2 is 2.11 bits per heavy atom. The van der Waals surface area contributed by atoms with Crippen molar-refractivity contribution >= 4 is 5.95 Å². The average Bonchev–Trinajstić information content (AvgIpc) is 2.77. The van der Waals surface area contributed by atoms with Crippen molar-refractivity contribution in [1.82, 2.24) is 9.55 Å². The largest absolute Gasteiger partial charge is 0.355 e. The molecule has 0 spiro atoms. The number of halogens is 1. The van der Waals surface area contributed by atoms with Crippen LogP contribution in [-0.2, 0) is 6.54 Å². The van der Waals surface area contributed by atoms with Crippen molar-refractivity contribution in [3.8, 4) is 0 Å². The van der Waals surface area contributed by atoms with E-state index in [9.17, 15) is 4.39 Å². The molecule has 1 heterocycles. The van der Waals surface area contributed by atoms with Crippen molar-refractivity contribution in [2.45, 2.75) is 20.4 Å². The van der Waals surface area contributed by atoms with E-state index >= 15 is 0 Å². The van der Waals surface area contributed by atoms with Crippen LogP contribution in [-0.4, -0.2) is 16.1 Å². The fourth-order valence-electron chi connectivity index (χ4n) is 1.71. The van der Waals surface area contributed by atoms with Gasteiger partial charge in [0.05, 0.1) is 6.54 Å². The molecule has 0 radical (unpaired) electrons. The smallest absolute Gasteiger partial charge is 0.203 e. The third-order valence-corrected chi connectivity index (χ3v) is 2.68. The lowest BCUT2D eigenvalue weighted by molar-refractivity contribution is 0.599. The molecule has 18 heavy (non-hydrogen) atoms. The molecule has 4 heteroatoms. The summed E-state index contributed by atoms with van der Waals surface area (Å²) in [6.07, 6.45) is 3.58. The highest BCUT2D eigenvalue weighted by molar-refractivity contribution is 5.28. The average molecular weight is 247 g/mol. The number of anilines is 1. The maximum Gasteiger partial charge on any atom is 0.203 e. The summed E-state index contributed by atoms with van der Waals surface area (Å²) in [5, 5.41) is 3.26. The van der Waals surface area contributed by atoms with E-state index in [1.165, 1.54) is 6.07 Å². The van der Waals surface area contributed by atoms with Crippen molar-refractivity contribution in [3.63, 3.8) is 0 Å². The quantitative estimate of drug-likeness (QED) is 0.879. The maximum atomic E-state index is 13.6. The highest BCUT2D eigenvalue weighted by Gasteiger charge is 2.06. The topological polar surface area (TPSA) is 29.9 Å². The third kappa shape index (κ3) is 3.09. The van der Waals surface area contributed by atoms with Crippen LogP contribution in [0.4, 0.5) is 10.3 Å². The molecule has 0 atom stereocenters. The van der Waals surface area contributed by atoms with Gasteiger partial charge in [-0.05, 0) is 12.0 Å². The van der Waals surface area contributed by atoms with E-state index in [0.29, 0.717) is 18.0 Å². The standard InChI is InChI=1S/C14H18FN3/c1-11(2)9-17-14-16-7-8-18(14)10-12-5-3-4-6-13(12)15/h3-8,11H,9-10H2,1-2H3,(H,16,17). The van der Waals surface area contributed by atoms with Crippen molar-refractivity contribution in [2.24, 2.45) is 5.92 Å². The van der Waals surface area contributed by atoms with Crippen LogP contribution in [0.5, 0.6) is 0 Å².